The summed E-state index contributed by atoms with van der Waals surface area (Å²) in [5.41, 5.74) is 1.54. The number of aromatic nitrogens is 2. The number of aliphatic hydroxyl groups is 1. The molecule has 1 aromatic heterocycles. The summed E-state index contributed by atoms with van der Waals surface area (Å²) in [6.07, 6.45) is 0. The summed E-state index contributed by atoms with van der Waals surface area (Å²) < 4.78 is 3.27. The van der Waals surface area contributed by atoms with Crippen molar-refractivity contribution in [2.75, 3.05) is 39.3 Å². The molecule has 130 valence electrons. The largest absolute Gasteiger partial charge is 0.395 e. The standard InChI is InChI=1S/C17H24N4O3/c1-2-20-14-5-3-4-6-15(14)21(17(20)24)13-16(23)19-9-7-18(8-10-19)11-12-22/h3-6,22H,2,7-13H2,1H3. The second-order valence-corrected chi connectivity index (χ2v) is 6.05. The van der Waals surface area contributed by atoms with Crippen LogP contribution in [0, 0.1) is 0 Å². The molecule has 7 heteroatoms. The van der Waals surface area contributed by atoms with Crippen molar-refractivity contribution in [2.24, 2.45) is 0 Å². The van der Waals surface area contributed by atoms with Crippen molar-refractivity contribution in [3.05, 3.63) is 34.7 Å². The number of carbonyl (C=O) groups excluding carboxylic acids is 1. The van der Waals surface area contributed by atoms with Gasteiger partial charge in [-0.2, -0.15) is 0 Å². The van der Waals surface area contributed by atoms with Crippen LogP contribution in [-0.4, -0.2) is 69.3 Å². The number of rotatable bonds is 5. The maximum atomic E-state index is 12.6. The van der Waals surface area contributed by atoms with Gasteiger partial charge in [-0.05, 0) is 19.1 Å². The first-order chi connectivity index (χ1) is 11.7. The zero-order chi connectivity index (χ0) is 17.1. The van der Waals surface area contributed by atoms with Gasteiger partial charge in [0.2, 0.25) is 5.91 Å². The number of aryl methyl sites for hydroxylation is 1. The van der Waals surface area contributed by atoms with Crippen molar-refractivity contribution in [3.63, 3.8) is 0 Å². The van der Waals surface area contributed by atoms with Crippen molar-refractivity contribution >= 4 is 16.9 Å². The lowest BCUT2D eigenvalue weighted by Crippen LogP contribution is -2.50. The maximum Gasteiger partial charge on any atom is 0.329 e. The topological polar surface area (TPSA) is 70.7 Å². The number of fused-ring (bicyclic) bond motifs is 1. The van der Waals surface area contributed by atoms with Crippen LogP contribution >= 0.6 is 0 Å². The third-order valence-corrected chi connectivity index (χ3v) is 4.68. The number of piperazine rings is 1. The lowest BCUT2D eigenvalue weighted by atomic mass is 10.3. The number of amides is 1. The Balaban J connectivity index is 1.77. The first-order valence-corrected chi connectivity index (χ1v) is 8.44. The minimum absolute atomic E-state index is 0.0280. The average Bonchev–Trinajstić information content (AvgIpc) is 2.87. The van der Waals surface area contributed by atoms with E-state index in [0.29, 0.717) is 26.2 Å². The van der Waals surface area contributed by atoms with Gasteiger partial charge in [0.05, 0.1) is 17.6 Å². The van der Waals surface area contributed by atoms with Crippen LogP contribution in [0.4, 0.5) is 0 Å². The van der Waals surface area contributed by atoms with Crippen LogP contribution in [0.2, 0.25) is 0 Å². The van der Waals surface area contributed by atoms with Gasteiger partial charge in [0.1, 0.15) is 6.54 Å². The van der Waals surface area contributed by atoms with E-state index in [1.165, 1.54) is 0 Å². The summed E-state index contributed by atoms with van der Waals surface area (Å²) >= 11 is 0. The summed E-state index contributed by atoms with van der Waals surface area (Å²) in [6.45, 7) is 6.17. The molecule has 0 saturated carbocycles. The first kappa shape index (κ1) is 16.7. The van der Waals surface area contributed by atoms with Gasteiger partial charge in [0.15, 0.2) is 0 Å². The molecule has 1 aliphatic heterocycles. The van der Waals surface area contributed by atoms with E-state index in [1.807, 2.05) is 31.2 Å². The number of aliphatic hydroxyl groups excluding tert-OH is 1. The predicted molar refractivity (Wildman–Crippen MR) is 92.0 cm³/mol. The fraction of sp³-hybridized carbons (Fsp3) is 0.529. The van der Waals surface area contributed by atoms with Crippen LogP contribution in [0.1, 0.15) is 6.92 Å². The van der Waals surface area contributed by atoms with E-state index in [0.717, 1.165) is 24.1 Å². The highest BCUT2D eigenvalue weighted by molar-refractivity contribution is 5.81. The molecule has 24 heavy (non-hydrogen) atoms. The Bertz CT molecular complexity index is 772. The van der Waals surface area contributed by atoms with Gasteiger partial charge in [0.25, 0.3) is 0 Å². The van der Waals surface area contributed by atoms with Crippen molar-refractivity contribution in [1.82, 2.24) is 18.9 Å². The van der Waals surface area contributed by atoms with E-state index < -0.39 is 0 Å². The zero-order valence-electron chi connectivity index (χ0n) is 14.0. The Morgan fingerprint density at radius 3 is 2.29 bits per heavy atom. The molecule has 1 N–H and O–H groups in total. The van der Waals surface area contributed by atoms with E-state index in [4.69, 9.17) is 5.11 Å². The smallest absolute Gasteiger partial charge is 0.329 e. The van der Waals surface area contributed by atoms with Crippen molar-refractivity contribution < 1.29 is 9.90 Å². The molecular formula is C17H24N4O3. The fourth-order valence-corrected chi connectivity index (χ4v) is 3.33. The van der Waals surface area contributed by atoms with E-state index in [-0.39, 0.29) is 24.7 Å². The van der Waals surface area contributed by atoms with Crippen molar-refractivity contribution in [1.29, 1.82) is 0 Å². The molecule has 0 aliphatic carbocycles. The number of β-amino-alcohol motifs (C(OH)–C–C–N with tert-alkyl or cyclic N) is 1. The fourth-order valence-electron chi connectivity index (χ4n) is 3.33. The molecule has 0 radical (unpaired) electrons. The second kappa shape index (κ2) is 7.19. The van der Waals surface area contributed by atoms with Crippen molar-refractivity contribution in [3.8, 4) is 0 Å². The lowest BCUT2D eigenvalue weighted by molar-refractivity contribution is -0.133. The number of hydrogen-bond acceptors (Lipinski definition) is 4. The molecule has 1 amide bonds. The summed E-state index contributed by atoms with van der Waals surface area (Å²) in [4.78, 5) is 29.2. The number of nitrogens with zero attached hydrogens (tertiary/aromatic N) is 4. The molecule has 1 aromatic carbocycles. The summed E-state index contributed by atoms with van der Waals surface area (Å²) in [6, 6.07) is 7.58. The number of imidazole rings is 1. The Labute approximate surface area is 140 Å². The van der Waals surface area contributed by atoms with Gasteiger partial charge in [-0.15, -0.1) is 0 Å². The molecule has 3 rings (SSSR count). The number of hydrogen-bond donors (Lipinski definition) is 1. The summed E-state index contributed by atoms with van der Waals surface area (Å²) in [5.74, 6) is -0.0280. The highest BCUT2D eigenvalue weighted by Gasteiger charge is 2.22. The van der Waals surface area contributed by atoms with Crippen LogP contribution in [-0.2, 0) is 17.9 Å². The van der Waals surface area contributed by atoms with Crippen LogP contribution in [0.25, 0.3) is 11.0 Å². The minimum atomic E-state index is -0.133. The molecule has 2 heterocycles. The third kappa shape index (κ3) is 3.09. The van der Waals surface area contributed by atoms with Gasteiger partial charge >= 0.3 is 5.69 Å². The molecule has 0 spiro atoms. The second-order valence-electron chi connectivity index (χ2n) is 6.05. The normalized spacial score (nSPS) is 16.0. The maximum absolute atomic E-state index is 12.6. The first-order valence-electron chi connectivity index (χ1n) is 8.44. The SMILES string of the molecule is CCn1c(=O)n(CC(=O)N2CCN(CCO)CC2)c2ccccc21. The van der Waals surface area contributed by atoms with Gasteiger partial charge in [-0.1, -0.05) is 12.1 Å². The Morgan fingerprint density at radius 1 is 1.08 bits per heavy atom. The van der Waals surface area contributed by atoms with E-state index in [9.17, 15) is 9.59 Å². The Hall–Kier alpha value is -2.12. The number of para-hydroxylation sites is 2. The van der Waals surface area contributed by atoms with Gasteiger partial charge in [-0.25, -0.2) is 4.79 Å². The van der Waals surface area contributed by atoms with Crippen molar-refractivity contribution in [2.45, 2.75) is 20.0 Å². The molecule has 0 unspecified atom stereocenters. The predicted octanol–water partition coefficient (Wildman–Crippen LogP) is -0.0406. The van der Waals surface area contributed by atoms with E-state index in [1.54, 1.807) is 14.0 Å². The molecule has 0 bridgehead atoms. The molecule has 0 atom stereocenters. The molecule has 1 saturated heterocycles. The average molecular weight is 332 g/mol. The highest BCUT2D eigenvalue weighted by atomic mass is 16.3. The molecule has 2 aromatic rings. The molecule has 1 aliphatic rings. The molecular weight excluding hydrogens is 308 g/mol. The van der Waals surface area contributed by atoms with Crippen LogP contribution in [0.15, 0.2) is 29.1 Å². The van der Waals surface area contributed by atoms with Gasteiger partial charge in [-0.3, -0.25) is 18.8 Å². The van der Waals surface area contributed by atoms with Crippen LogP contribution in [0.3, 0.4) is 0 Å². The Morgan fingerprint density at radius 2 is 1.71 bits per heavy atom. The lowest BCUT2D eigenvalue weighted by Gasteiger charge is -2.34. The highest BCUT2D eigenvalue weighted by Crippen LogP contribution is 2.13. The zero-order valence-corrected chi connectivity index (χ0v) is 14.0. The third-order valence-electron chi connectivity index (χ3n) is 4.68. The van der Waals surface area contributed by atoms with E-state index >= 15 is 0 Å². The number of carbonyl (C=O) groups is 1. The minimum Gasteiger partial charge on any atom is -0.395 e. The molecule has 1 fully saturated rings. The van der Waals surface area contributed by atoms with E-state index in [2.05, 4.69) is 4.90 Å². The Kier molecular flexibility index (Phi) is 5.01. The summed E-state index contributed by atoms with van der Waals surface area (Å²) in [7, 11) is 0. The number of benzene rings is 1. The summed E-state index contributed by atoms with van der Waals surface area (Å²) in [5, 5.41) is 8.98. The quantitative estimate of drug-likeness (QED) is 0.834. The van der Waals surface area contributed by atoms with Crippen LogP contribution in [0.5, 0.6) is 0 Å². The monoisotopic (exact) mass is 332 g/mol. The van der Waals surface area contributed by atoms with Crippen LogP contribution < -0.4 is 5.69 Å². The van der Waals surface area contributed by atoms with Gasteiger partial charge in [0, 0.05) is 39.3 Å². The van der Waals surface area contributed by atoms with Gasteiger partial charge < -0.3 is 10.0 Å². The molecule has 7 nitrogen and oxygen atoms in total.